The second-order valence-electron chi connectivity index (χ2n) is 13.6. The summed E-state index contributed by atoms with van der Waals surface area (Å²) in [4.78, 5) is 5.20. The van der Waals surface area contributed by atoms with Crippen molar-refractivity contribution in [2.24, 2.45) is 0 Å². The molecule has 240 valence electrons. The van der Waals surface area contributed by atoms with Crippen LogP contribution in [0.25, 0.3) is 0 Å². The summed E-state index contributed by atoms with van der Waals surface area (Å²) in [7, 11) is 1.72. The number of nitrogens with zero attached hydrogens (tertiary/aromatic N) is 2. The Bertz CT molecular complexity index is 1220. The average molecular weight is 603 g/mol. The molecule has 0 amide bonds. The Balaban J connectivity index is 0.841. The van der Waals surface area contributed by atoms with Crippen LogP contribution in [-0.2, 0) is 18.5 Å². The summed E-state index contributed by atoms with van der Waals surface area (Å²) in [6.45, 7) is 7.55. The van der Waals surface area contributed by atoms with E-state index < -0.39 is 6.10 Å². The van der Waals surface area contributed by atoms with E-state index in [1.54, 1.807) is 7.11 Å². The summed E-state index contributed by atoms with van der Waals surface area (Å²) in [6, 6.07) is 13.1. The topological polar surface area (TPSA) is 54.4 Å². The molecule has 0 aromatic heterocycles. The number of likely N-dealkylation sites (tertiary alicyclic amines) is 1. The third kappa shape index (κ3) is 7.46. The van der Waals surface area contributed by atoms with E-state index in [9.17, 15) is 5.11 Å². The second-order valence-corrected chi connectivity index (χ2v) is 13.6. The summed E-state index contributed by atoms with van der Waals surface area (Å²) in [5.74, 6) is 2.73. The molecule has 6 rings (SSSR count). The van der Waals surface area contributed by atoms with E-state index in [2.05, 4.69) is 52.3 Å². The van der Waals surface area contributed by atoms with E-state index in [0.29, 0.717) is 6.42 Å². The molecule has 0 bridgehead atoms. The molecule has 1 spiro atoms. The lowest BCUT2D eigenvalue weighted by molar-refractivity contribution is 0.0809. The zero-order chi connectivity index (χ0) is 30.2. The molecule has 2 aromatic rings. The van der Waals surface area contributed by atoms with Crippen molar-refractivity contribution in [2.75, 3.05) is 39.9 Å². The maximum Gasteiger partial charge on any atom is 0.166 e. The summed E-state index contributed by atoms with van der Waals surface area (Å²) < 4.78 is 18.1. The van der Waals surface area contributed by atoms with Crippen molar-refractivity contribution < 1.29 is 19.3 Å². The summed E-state index contributed by atoms with van der Waals surface area (Å²) in [5.41, 5.74) is 3.92. The molecule has 6 nitrogen and oxygen atoms in total. The standard InChI is InChI=1S/C38H54N2O4/c1-42-34-18-15-31-29-40(25-21-38-20-19-32(41)27-35(38)44-37(34)36(31)38)24-9-6-4-2-3-5-7-12-26-43-33-16-13-30(14-17-33)28-39-22-10-8-11-23-39/h13-20,32,35,41H,2-12,21-29H2,1H3/t32-,35-,38-/m0/s1. The van der Waals surface area contributed by atoms with Gasteiger partial charge in [0, 0.05) is 25.1 Å². The third-order valence-corrected chi connectivity index (χ3v) is 10.5. The molecule has 1 N–H and O–H groups in total. The first-order chi connectivity index (χ1) is 21.6. The van der Waals surface area contributed by atoms with Crippen molar-refractivity contribution in [2.45, 2.75) is 114 Å². The van der Waals surface area contributed by atoms with E-state index in [1.165, 1.54) is 94.0 Å². The lowest BCUT2D eigenvalue weighted by atomic mass is 9.69. The molecule has 0 radical (unpaired) electrons. The van der Waals surface area contributed by atoms with Gasteiger partial charge in [-0.05, 0) is 87.6 Å². The van der Waals surface area contributed by atoms with Gasteiger partial charge in [0.15, 0.2) is 11.5 Å². The second kappa shape index (κ2) is 15.2. The van der Waals surface area contributed by atoms with Crippen LogP contribution in [0.1, 0.15) is 100 Å². The Labute approximate surface area is 265 Å². The first-order valence-corrected chi connectivity index (χ1v) is 17.6. The highest BCUT2D eigenvalue weighted by molar-refractivity contribution is 5.61. The molecule has 3 aliphatic heterocycles. The van der Waals surface area contributed by atoms with Crippen LogP contribution in [-0.4, -0.2) is 67.0 Å². The van der Waals surface area contributed by atoms with Gasteiger partial charge in [0.1, 0.15) is 11.9 Å². The number of aliphatic hydroxyl groups excluding tert-OH is 1. The molecule has 3 heterocycles. The van der Waals surface area contributed by atoms with Crippen LogP contribution < -0.4 is 14.2 Å². The minimum Gasteiger partial charge on any atom is -0.494 e. The van der Waals surface area contributed by atoms with E-state index >= 15 is 0 Å². The van der Waals surface area contributed by atoms with Gasteiger partial charge in [0.2, 0.25) is 0 Å². The highest BCUT2D eigenvalue weighted by atomic mass is 16.5. The van der Waals surface area contributed by atoms with E-state index in [4.69, 9.17) is 14.2 Å². The van der Waals surface area contributed by atoms with Crippen LogP contribution in [0, 0.1) is 0 Å². The van der Waals surface area contributed by atoms with Crippen LogP contribution in [0.4, 0.5) is 0 Å². The maximum atomic E-state index is 10.3. The van der Waals surface area contributed by atoms with Crippen LogP contribution in [0.3, 0.4) is 0 Å². The molecule has 2 aromatic carbocycles. The minimum atomic E-state index is -0.431. The normalized spacial score (nSPS) is 24.8. The van der Waals surface area contributed by atoms with Crippen molar-refractivity contribution in [1.29, 1.82) is 0 Å². The molecular formula is C38H54N2O4. The highest BCUT2D eigenvalue weighted by Crippen LogP contribution is 2.55. The van der Waals surface area contributed by atoms with Gasteiger partial charge in [0.25, 0.3) is 0 Å². The number of rotatable bonds is 15. The number of hydrogen-bond acceptors (Lipinski definition) is 6. The largest absolute Gasteiger partial charge is 0.494 e. The van der Waals surface area contributed by atoms with Crippen LogP contribution in [0.5, 0.6) is 17.2 Å². The Morgan fingerprint density at radius 3 is 2.39 bits per heavy atom. The van der Waals surface area contributed by atoms with Crippen LogP contribution >= 0.6 is 0 Å². The fraction of sp³-hybridized carbons (Fsp3) is 0.632. The van der Waals surface area contributed by atoms with Gasteiger partial charge in [0.05, 0.1) is 25.2 Å². The number of piperidine rings is 1. The Morgan fingerprint density at radius 1 is 0.864 bits per heavy atom. The van der Waals surface area contributed by atoms with Crippen LogP contribution in [0.2, 0.25) is 0 Å². The molecule has 1 aliphatic carbocycles. The van der Waals surface area contributed by atoms with Crippen molar-refractivity contribution in [3.8, 4) is 17.2 Å². The van der Waals surface area contributed by atoms with E-state index in [-0.39, 0.29) is 11.5 Å². The SMILES string of the molecule is COc1ccc2c3c1O[C@H]1C[C@@H](O)C=C[C@@]31CCN(CCCCCCCCCCOc1ccc(CN3CCCCC3)cc1)C2. The van der Waals surface area contributed by atoms with E-state index in [0.717, 1.165) is 62.9 Å². The van der Waals surface area contributed by atoms with Crippen molar-refractivity contribution in [1.82, 2.24) is 9.80 Å². The molecule has 1 fully saturated rings. The Hall–Kier alpha value is -2.54. The van der Waals surface area contributed by atoms with E-state index in [1.807, 2.05) is 6.08 Å². The zero-order valence-corrected chi connectivity index (χ0v) is 27.0. The molecule has 0 saturated carbocycles. The fourth-order valence-corrected chi connectivity index (χ4v) is 7.94. The van der Waals surface area contributed by atoms with Crippen LogP contribution in [0.15, 0.2) is 48.6 Å². The van der Waals surface area contributed by atoms with Crippen molar-refractivity contribution in [3.63, 3.8) is 0 Å². The summed E-state index contributed by atoms with van der Waals surface area (Å²) in [5, 5.41) is 10.3. The van der Waals surface area contributed by atoms with Crippen molar-refractivity contribution in [3.05, 3.63) is 65.2 Å². The van der Waals surface area contributed by atoms with Gasteiger partial charge in [-0.25, -0.2) is 0 Å². The molecule has 4 aliphatic rings. The van der Waals surface area contributed by atoms with Crippen molar-refractivity contribution >= 4 is 0 Å². The lowest BCUT2D eigenvalue weighted by Gasteiger charge is -2.35. The van der Waals surface area contributed by atoms with Gasteiger partial charge < -0.3 is 19.3 Å². The Kier molecular flexibility index (Phi) is 10.8. The van der Waals surface area contributed by atoms with Gasteiger partial charge in [-0.3, -0.25) is 9.80 Å². The zero-order valence-electron chi connectivity index (χ0n) is 27.0. The first-order valence-electron chi connectivity index (χ1n) is 17.6. The van der Waals surface area contributed by atoms with Gasteiger partial charge in [-0.15, -0.1) is 0 Å². The number of unbranched alkanes of at least 4 members (excludes halogenated alkanes) is 7. The number of hydrogen-bond donors (Lipinski definition) is 1. The van der Waals surface area contributed by atoms with Gasteiger partial charge >= 0.3 is 0 Å². The smallest absolute Gasteiger partial charge is 0.166 e. The molecule has 1 saturated heterocycles. The molecule has 0 unspecified atom stereocenters. The first kappa shape index (κ1) is 31.4. The lowest BCUT2D eigenvalue weighted by Crippen LogP contribution is -2.43. The Morgan fingerprint density at radius 2 is 1.61 bits per heavy atom. The predicted molar refractivity (Wildman–Crippen MR) is 177 cm³/mol. The number of benzene rings is 2. The summed E-state index contributed by atoms with van der Waals surface area (Å²) >= 11 is 0. The van der Waals surface area contributed by atoms with Gasteiger partial charge in [-0.1, -0.05) is 75.3 Å². The van der Waals surface area contributed by atoms with Gasteiger partial charge in [-0.2, -0.15) is 0 Å². The fourth-order valence-electron chi connectivity index (χ4n) is 7.94. The number of ether oxygens (including phenoxy) is 3. The predicted octanol–water partition coefficient (Wildman–Crippen LogP) is 7.41. The molecule has 44 heavy (non-hydrogen) atoms. The molecule has 3 atom stereocenters. The monoisotopic (exact) mass is 602 g/mol. The molecular weight excluding hydrogens is 548 g/mol. The minimum absolute atomic E-state index is 0.0141. The average Bonchev–Trinajstić information content (AvgIpc) is 3.29. The molecule has 6 heteroatoms. The number of aliphatic hydroxyl groups is 1. The quantitative estimate of drug-likeness (QED) is 0.169. The third-order valence-electron chi connectivity index (χ3n) is 10.5. The maximum absolute atomic E-state index is 10.3. The highest BCUT2D eigenvalue weighted by Gasteiger charge is 2.52. The number of methoxy groups -OCH3 is 1. The summed E-state index contributed by atoms with van der Waals surface area (Å²) in [6.07, 6.45) is 19.8.